The molecule has 132 valence electrons. The van der Waals surface area contributed by atoms with E-state index in [0.717, 1.165) is 33.2 Å². The number of aromatic amines is 1. The van der Waals surface area contributed by atoms with Crippen LogP contribution in [0.15, 0.2) is 60.1 Å². The van der Waals surface area contributed by atoms with Gasteiger partial charge in [0.25, 0.3) is 0 Å². The largest absolute Gasteiger partial charge is 0.360 e. The van der Waals surface area contributed by atoms with Crippen molar-refractivity contribution in [2.75, 3.05) is 5.32 Å². The van der Waals surface area contributed by atoms with Crippen LogP contribution in [0.2, 0.25) is 0 Å². The molecule has 0 spiro atoms. The maximum absolute atomic E-state index is 12.4. The summed E-state index contributed by atoms with van der Waals surface area (Å²) in [5, 5.41) is 14.6. The molecule has 5 aromatic rings. The molecule has 3 heterocycles. The topological polar surface area (TPSA) is 88.5 Å². The normalized spacial score (nSPS) is 11.3. The molecule has 5 rings (SSSR count). The molecule has 0 aliphatic carbocycles. The van der Waals surface area contributed by atoms with Crippen LogP contribution in [0, 0.1) is 0 Å². The number of anilines is 1. The van der Waals surface area contributed by atoms with E-state index in [9.17, 15) is 4.79 Å². The van der Waals surface area contributed by atoms with Gasteiger partial charge in [-0.1, -0.05) is 35.5 Å². The fraction of sp³-hybridized carbons (Fsp3) is 0.0526. The lowest BCUT2D eigenvalue weighted by Crippen LogP contribution is -2.19. The van der Waals surface area contributed by atoms with Gasteiger partial charge in [-0.15, -0.1) is 16.4 Å². The Bertz CT molecular complexity index is 1270. The number of H-pyrrole nitrogens is 1. The van der Waals surface area contributed by atoms with Gasteiger partial charge in [0.2, 0.25) is 5.91 Å². The fourth-order valence-corrected chi connectivity index (χ4v) is 3.79. The molecule has 0 aliphatic rings. The maximum atomic E-state index is 12.4. The van der Waals surface area contributed by atoms with E-state index in [1.165, 1.54) is 11.3 Å². The summed E-state index contributed by atoms with van der Waals surface area (Å²) in [7, 11) is 0. The number of rotatable bonds is 4. The van der Waals surface area contributed by atoms with Gasteiger partial charge in [0, 0.05) is 28.0 Å². The lowest BCUT2D eigenvalue weighted by atomic mass is 10.1. The number of fused-ring (bicyclic) bond motifs is 2. The Kier molecular flexibility index (Phi) is 3.68. The quantitative estimate of drug-likeness (QED) is 0.502. The molecule has 0 atom stereocenters. The highest BCUT2D eigenvalue weighted by atomic mass is 32.1. The summed E-state index contributed by atoms with van der Waals surface area (Å²) < 4.78 is 1.58. The minimum absolute atomic E-state index is 0.0858. The van der Waals surface area contributed by atoms with E-state index in [4.69, 9.17) is 0 Å². The third-order valence-corrected chi connectivity index (χ3v) is 5.09. The Labute approximate surface area is 157 Å². The molecule has 0 saturated carbocycles. The highest BCUT2D eigenvalue weighted by Crippen LogP contribution is 2.30. The highest BCUT2D eigenvalue weighted by molar-refractivity contribution is 7.14. The van der Waals surface area contributed by atoms with E-state index in [0.29, 0.717) is 5.13 Å². The second kappa shape index (κ2) is 6.33. The molecule has 7 nitrogen and oxygen atoms in total. The van der Waals surface area contributed by atoms with Gasteiger partial charge in [-0.2, -0.15) is 0 Å². The molecule has 0 unspecified atom stereocenters. The van der Waals surface area contributed by atoms with E-state index < -0.39 is 0 Å². The summed E-state index contributed by atoms with van der Waals surface area (Å²) in [5.74, 6) is -0.189. The van der Waals surface area contributed by atoms with Crippen molar-refractivity contribution in [3.05, 3.63) is 60.1 Å². The number of benzene rings is 2. The molecule has 1 amide bonds. The lowest BCUT2D eigenvalue weighted by molar-refractivity contribution is -0.116. The van der Waals surface area contributed by atoms with E-state index >= 15 is 0 Å². The van der Waals surface area contributed by atoms with Crippen molar-refractivity contribution >= 4 is 44.3 Å². The standard InChI is InChI=1S/C19H14N6OS/c26-18(10-25-17-8-4-3-7-15(17)23-24-25)22-19-21-16(11-27-19)13-9-20-14-6-2-1-5-12(13)14/h1-9,11,20H,10H2,(H,21,22,26). The molecule has 0 saturated heterocycles. The number of nitrogens with one attached hydrogen (secondary N) is 2. The number of nitrogens with zero attached hydrogens (tertiary/aromatic N) is 4. The number of para-hydroxylation sites is 2. The summed E-state index contributed by atoms with van der Waals surface area (Å²) in [6, 6.07) is 15.6. The molecular weight excluding hydrogens is 360 g/mol. The second-order valence-electron chi connectivity index (χ2n) is 6.07. The SMILES string of the molecule is O=C(Cn1nnc2ccccc21)Nc1nc(-c2c[nH]c3ccccc23)cs1. The minimum Gasteiger partial charge on any atom is -0.360 e. The lowest BCUT2D eigenvalue weighted by Gasteiger charge is -2.02. The Morgan fingerprint density at radius 3 is 2.96 bits per heavy atom. The van der Waals surface area contributed by atoms with Gasteiger partial charge in [0.05, 0.1) is 11.2 Å². The molecule has 3 aromatic heterocycles. The number of carbonyl (C=O) groups excluding carboxylic acids is 1. The summed E-state index contributed by atoms with van der Waals surface area (Å²) >= 11 is 1.40. The van der Waals surface area contributed by atoms with E-state index in [-0.39, 0.29) is 12.5 Å². The van der Waals surface area contributed by atoms with Crippen molar-refractivity contribution in [2.45, 2.75) is 6.54 Å². The number of hydrogen-bond donors (Lipinski definition) is 2. The van der Waals surface area contributed by atoms with Gasteiger partial charge in [0.1, 0.15) is 12.1 Å². The molecule has 27 heavy (non-hydrogen) atoms. The van der Waals surface area contributed by atoms with E-state index in [1.54, 1.807) is 4.68 Å². The van der Waals surface area contributed by atoms with Gasteiger partial charge in [0.15, 0.2) is 5.13 Å². The van der Waals surface area contributed by atoms with E-state index in [1.807, 2.05) is 54.0 Å². The maximum Gasteiger partial charge on any atom is 0.247 e. The fourth-order valence-electron chi connectivity index (χ4n) is 3.07. The van der Waals surface area contributed by atoms with Crippen LogP contribution in [0.3, 0.4) is 0 Å². The second-order valence-corrected chi connectivity index (χ2v) is 6.93. The van der Waals surface area contributed by atoms with Crippen LogP contribution < -0.4 is 5.32 Å². The molecule has 0 bridgehead atoms. The zero-order chi connectivity index (χ0) is 18.2. The van der Waals surface area contributed by atoms with Crippen LogP contribution in [0.5, 0.6) is 0 Å². The van der Waals surface area contributed by atoms with E-state index in [2.05, 4.69) is 31.7 Å². The third-order valence-electron chi connectivity index (χ3n) is 4.33. The first kappa shape index (κ1) is 15.7. The molecule has 8 heteroatoms. The number of thiazole rings is 1. The minimum atomic E-state index is -0.189. The van der Waals surface area contributed by atoms with Crippen molar-refractivity contribution < 1.29 is 4.79 Å². The summed E-state index contributed by atoms with van der Waals surface area (Å²) in [4.78, 5) is 20.2. The van der Waals surface area contributed by atoms with Crippen molar-refractivity contribution in [3.63, 3.8) is 0 Å². The Hall–Kier alpha value is -3.52. The molecule has 0 aliphatic heterocycles. The number of amides is 1. The van der Waals surface area contributed by atoms with Crippen LogP contribution in [0.4, 0.5) is 5.13 Å². The van der Waals surface area contributed by atoms with Crippen LogP contribution in [0.1, 0.15) is 0 Å². The Morgan fingerprint density at radius 2 is 2.00 bits per heavy atom. The first-order chi connectivity index (χ1) is 13.3. The number of carbonyl (C=O) groups is 1. The van der Waals surface area contributed by atoms with Gasteiger partial charge < -0.3 is 10.3 Å². The third kappa shape index (κ3) is 2.85. The molecule has 2 N–H and O–H groups in total. The van der Waals surface area contributed by atoms with Crippen molar-refractivity contribution in [2.24, 2.45) is 0 Å². The van der Waals surface area contributed by atoms with Gasteiger partial charge in [-0.3, -0.25) is 4.79 Å². The Balaban J connectivity index is 1.35. The highest BCUT2D eigenvalue weighted by Gasteiger charge is 2.13. The summed E-state index contributed by atoms with van der Waals surface area (Å²) in [6.07, 6.45) is 1.94. The first-order valence-electron chi connectivity index (χ1n) is 8.38. The smallest absolute Gasteiger partial charge is 0.247 e. The molecule has 0 radical (unpaired) electrons. The van der Waals surface area contributed by atoms with Crippen molar-refractivity contribution in [1.29, 1.82) is 0 Å². The summed E-state index contributed by atoms with van der Waals surface area (Å²) in [5.41, 5.74) is 4.50. The van der Waals surface area contributed by atoms with Crippen LogP contribution in [0.25, 0.3) is 33.2 Å². The van der Waals surface area contributed by atoms with Crippen molar-refractivity contribution in [1.82, 2.24) is 25.0 Å². The first-order valence-corrected chi connectivity index (χ1v) is 9.26. The van der Waals surface area contributed by atoms with Crippen LogP contribution in [-0.4, -0.2) is 30.9 Å². The van der Waals surface area contributed by atoms with Gasteiger partial charge in [-0.05, 0) is 18.2 Å². The van der Waals surface area contributed by atoms with Crippen LogP contribution in [-0.2, 0) is 11.3 Å². The molecule has 2 aromatic carbocycles. The molecular formula is C19H14N6OS. The van der Waals surface area contributed by atoms with Gasteiger partial charge in [-0.25, -0.2) is 9.67 Å². The average molecular weight is 374 g/mol. The predicted octanol–water partition coefficient (Wildman–Crippen LogP) is 3.67. The molecule has 0 fully saturated rings. The zero-order valence-electron chi connectivity index (χ0n) is 14.1. The number of aromatic nitrogens is 5. The van der Waals surface area contributed by atoms with Crippen LogP contribution >= 0.6 is 11.3 Å². The Morgan fingerprint density at radius 1 is 1.15 bits per heavy atom. The monoisotopic (exact) mass is 374 g/mol. The number of hydrogen-bond acceptors (Lipinski definition) is 5. The van der Waals surface area contributed by atoms with Crippen molar-refractivity contribution in [3.8, 4) is 11.3 Å². The summed E-state index contributed by atoms with van der Waals surface area (Å²) in [6.45, 7) is 0.0858. The van der Waals surface area contributed by atoms with Gasteiger partial charge >= 0.3 is 0 Å². The predicted molar refractivity (Wildman–Crippen MR) is 106 cm³/mol. The average Bonchev–Trinajstić information content (AvgIpc) is 3.40. The zero-order valence-corrected chi connectivity index (χ0v) is 14.9.